The van der Waals surface area contributed by atoms with Gasteiger partial charge in [-0.15, -0.1) is 11.3 Å². The van der Waals surface area contributed by atoms with Crippen LogP contribution in [-0.4, -0.2) is 73.4 Å². The van der Waals surface area contributed by atoms with E-state index in [2.05, 4.69) is 16.0 Å². The molecule has 8 nitrogen and oxygen atoms in total. The zero-order chi connectivity index (χ0) is 24.9. The lowest BCUT2D eigenvalue weighted by Crippen LogP contribution is -2.53. The Morgan fingerprint density at radius 1 is 1.29 bits per heavy atom. The van der Waals surface area contributed by atoms with Gasteiger partial charge in [0.1, 0.15) is 0 Å². The molecule has 1 fully saturated rings. The van der Waals surface area contributed by atoms with Gasteiger partial charge >= 0.3 is 0 Å². The zero-order valence-electron chi connectivity index (χ0n) is 18.7. The molecule has 4 N–H and O–H groups in total. The van der Waals surface area contributed by atoms with Crippen LogP contribution in [0.5, 0.6) is 0 Å². The van der Waals surface area contributed by atoms with E-state index in [9.17, 15) is 23.5 Å². The first-order valence-corrected chi connectivity index (χ1v) is 11.8. The number of rotatable bonds is 9. The summed E-state index contributed by atoms with van der Waals surface area (Å²) in [5.74, 6) is -3.87. The van der Waals surface area contributed by atoms with Crippen molar-refractivity contribution in [1.29, 1.82) is 0 Å². The molecular weight excluding hydrogens is 490 g/mol. The molecule has 1 aliphatic heterocycles. The molecule has 12 heteroatoms. The van der Waals surface area contributed by atoms with E-state index < -0.39 is 18.3 Å². The first-order chi connectivity index (χ1) is 16.1. The van der Waals surface area contributed by atoms with Gasteiger partial charge in [-0.3, -0.25) is 14.9 Å². The third-order valence-electron chi connectivity index (χ3n) is 5.31. The Kier molecular flexibility index (Phi) is 8.96. The largest absolute Gasteiger partial charge is 0.377 e. The van der Waals surface area contributed by atoms with E-state index in [0.29, 0.717) is 40.4 Å². The molecule has 3 atom stereocenters. The van der Waals surface area contributed by atoms with Crippen LogP contribution < -0.4 is 16.0 Å². The van der Waals surface area contributed by atoms with Crippen molar-refractivity contribution in [3.8, 4) is 0 Å². The normalized spacial score (nSPS) is 18.4. The van der Waals surface area contributed by atoms with E-state index in [0.717, 1.165) is 11.3 Å². The second-order valence-corrected chi connectivity index (χ2v) is 9.45. The number of nitrogens with one attached hydrogen (secondary N) is 3. The summed E-state index contributed by atoms with van der Waals surface area (Å²) >= 11 is 7.00. The molecule has 3 rings (SSSR count). The van der Waals surface area contributed by atoms with Crippen LogP contribution in [0.2, 0.25) is 5.02 Å². The van der Waals surface area contributed by atoms with E-state index in [1.54, 1.807) is 48.3 Å². The highest BCUT2D eigenvalue weighted by Gasteiger charge is 2.34. The minimum absolute atomic E-state index is 0.174. The highest BCUT2D eigenvalue weighted by Crippen LogP contribution is 2.24. The molecule has 0 saturated carbocycles. The Bertz CT molecular complexity index is 986. The number of nitrogens with zero attached hydrogens (tertiary/aromatic N) is 1. The summed E-state index contributed by atoms with van der Waals surface area (Å²) in [4.78, 5) is 28.2. The van der Waals surface area contributed by atoms with Crippen LogP contribution in [0.4, 0.5) is 8.78 Å². The van der Waals surface area contributed by atoms with Gasteiger partial charge in [0.15, 0.2) is 6.23 Å². The lowest BCUT2D eigenvalue weighted by Gasteiger charge is -2.35. The maximum atomic E-state index is 13.3. The third-order valence-corrected chi connectivity index (χ3v) is 6.71. The van der Waals surface area contributed by atoms with Crippen molar-refractivity contribution in [1.82, 2.24) is 20.9 Å². The van der Waals surface area contributed by atoms with Crippen molar-refractivity contribution in [3.63, 3.8) is 0 Å². The van der Waals surface area contributed by atoms with Gasteiger partial charge in [-0.25, -0.2) is 8.78 Å². The van der Waals surface area contributed by atoms with Gasteiger partial charge in [-0.2, -0.15) is 0 Å². The van der Waals surface area contributed by atoms with Gasteiger partial charge in [0.25, 0.3) is 17.7 Å². The van der Waals surface area contributed by atoms with E-state index in [-0.39, 0.29) is 31.0 Å². The highest BCUT2D eigenvalue weighted by molar-refractivity contribution is 7.14. The number of thiophene rings is 1. The van der Waals surface area contributed by atoms with Crippen LogP contribution in [0.15, 0.2) is 36.4 Å². The molecule has 3 unspecified atom stereocenters. The Morgan fingerprint density at radius 2 is 2.00 bits per heavy atom. The molecule has 1 aliphatic rings. The maximum absolute atomic E-state index is 13.3. The zero-order valence-corrected chi connectivity index (χ0v) is 20.3. The summed E-state index contributed by atoms with van der Waals surface area (Å²) in [5, 5.41) is 18.2. The van der Waals surface area contributed by atoms with Crippen molar-refractivity contribution >= 4 is 34.8 Å². The fraction of sp³-hybridized carbons (Fsp3) is 0.455. The predicted molar refractivity (Wildman–Crippen MR) is 125 cm³/mol. The first kappa shape index (κ1) is 26.5. The predicted octanol–water partition coefficient (Wildman–Crippen LogP) is 2.45. The molecular formula is C22H27ClF2N4O4S. The molecule has 2 aromatic rings. The second kappa shape index (κ2) is 11.5. The van der Waals surface area contributed by atoms with E-state index >= 15 is 0 Å². The Morgan fingerprint density at radius 3 is 2.65 bits per heavy atom. The fourth-order valence-electron chi connectivity index (χ4n) is 3.39. The van der Waals surface area contributed by atoms with Crippen molar-refractivity contribution in [2.75, 3.05) is 33.4 Å². The standard InChI is InChI=1S/C22H27ClF2N4O4S/c1-22(24,25)21(32)28-18(26-2)16-7-8-17(34-16)19(30)27-11-15-12-33-10-9-29(15)20(31)13-3-5-14(23)6-4-13/h3-8,15,18,21,26,28,32H,9-12H2,1-2H3,(H,27,30). The lowest BCUT2D eigenvalue weighted by atomic mass is 10.1. The molecule has 0 radical (unpaired) electrons. The topological polar surface area (TPSA) is 103 Å². The monoisotopic (exact) mass is 516 g/mol. The molecule has 1 saturated heterocycles. The van der Waals surface area contributed by atoms with E-state index in [1.807, 2.05) is 0 Å². The number of ether oxygens (including phenoxy) is 1. The molecule has 1 aromatic heterocycles. The number of carbonyl (C=O) groups excluding carboxylic acids is 2. The van der Waals surface area contributed by atoms with Gasteiger partial charge in [0.2, 0.25) is 0 Å². The number of aliphatic hydroxyl groups excluding tert-OH is 1. The average Bonchev–Trinajstić information content (AvgIpc) is 3.30. The van der Waals surface area contributed by atoms with E-state index in [4.69, 9.17) is 16.3 Å². The van der Waals surface area contributed by atoms with Gasteiger partial charge < -0.3 is 25.4 Å². The number of hydrogen-bond acceptors (Lipinski definition) is 7. The number of aliphatic hydroxyl groups is 1. The summed E-state index contributed by atoms with van der Waals surface area (Å²) in [5.41, 5.74) is 0.496. The lowest BCUT2D eigenvalue weighted by molar-refractivity contribution is -0.113. The summed E-state index contributed by atoms with van der Waals surface area (Å²) in [7, 11) is 1.55. The average molecular weight is 517 g/mol. The summed E-state index contributed by atoms with van der Waals surface area (Å²) in [6.07, 6.45) is -2.83. The third kappa shape index (κ3) is 6.71. The van der Waals surface area contributed by atoms with Crippen LogP contribution in [0.3, 0.4) is 0 Å². The smallest absolute Gasteiger partial charge is 0.283 e. The summed E-state index contributed by atoms with van der Waals surface area (Å²) < 4.78 is 32.1. The quantitative estimate of drug-likeness (QED) is 0.382. The Balaban J connectivity index is 1.61. The van der Waals surface area contributed by atoms with Crippen molar-refractivity contribution in [2.45, 2.75) is 31.3 Å². The van der Waals surface area contributed by atoms with Crippen LogP contribution in [-0.2, 0) is 4.74 Å². The number of morpholine rings is 1. The Hall–Kier alpha value is -2.15. The molecule has 34 heavy (non-hydrogen) atoms. The molecule has 2 amide bonds. The molecule has 0 spiro atoms. The summed E-state index contributed by atoms with van der Waals surface area (Å²) in [6, 6.07) is 9.44. The van der Waals surface area contributed by atoms with Crippen LogP contribution in [0.25, 0.3) is 0 Å². The molecule has 0 aliphatic carbocycles. The van der Waals surface area contributed by atoms with E-state index in [1.165, 1.54) is 0 Å². The van der Waals surface area contributed by atoms with Crippen LogP contribution in [0.1, 0.15) is 38.0 Å². The van der Waals surface area contributed by atoms with Gasteiger partial charge in [0, 0.05) is 35.5 Å². The van der Waals surface area contributed by atoms with Gasteiger partial charge in [-0.05, 0) is 43.4 Å². The maximum Gasteiger partial charge on any atom is 0.283 e. The molecule has 2 heterocycles. The number of alkyl halides is 2. The van der Waals surface area contributed by atoms with Crippen LogP contribution >= 0.6 is 22.9 Å². The van der Waals surface area contributed by atoms with Gasteiger partial charge in [0.05, 0.1) is 30.3 Å². The number of benzene rings is 1. The minimum atomic E-state index is -3.33. The number of carbonyl (C=O) groups is 2. The number of hydrogen-bond donors (Lipinski definition) is 4. The molecule has 0 bridgehead atoms. The number of halogens is 3. The fourth-order valence-corrected chi connectivity index (χ4v) is 4.51. The minimum Gasteiger partial charge on any atom is -0.377 e. The van der Waals surface area contributed by atoms with Gasteiger partial charge in [-0.1, -0.05) is 11.6 Å². The Labute approximate surface area is 205 Å². The highest BCUT2D eigenvalue weighted by atomic mass is 35.5. The molecule has 186 valence electrons. The summed E-state index contributed by atoms with van der Waals surface area (Å²) in [6.45, 7) is 1.87. The van der Waals surface area contributed by atoms with Crippen molar-refractivity contribution < 1.29 is 28.2 Å². The van der Waals surface area contributed by atoms with Crippen LogP contribution in [0, 0.1) is 0 Å². The van der Waals surface area contributed by atoms with Crippen molar-refractivity contribution in [2.24, 2.45) is 0 Å². The number of amides is 2. The molecule has 1 aromatic carbocycles. The second-order valence-electron chi connectivity index (χ2n) is 7.89. The SMILES string of the molecule is CNC(NC(O)C(C)(F)F)c1ccc(C(=O)NCC2COCCN2C(=O)c2ccc(Cl)cc2)s1. The first-order valence-electron chi connectivity index (χ1n) is 10.6. The van der Waals surface area contributed by atoms with Crippen molar-refractivity contribution in [3.05, 3.63) is 56.7 Å².